The molecule has 0 radical (unpaired) electrons. The molecule has 0 aliphatic heterocycles. The number of rotatable bonds is 5. The van der Waals surface area contributed by atoms with E-state index in [4.69, 9.17) is 4.74 Å². The topological polar surface area (TPSA) is 89.8 Å². The lowest BCUT2D eigenvalue weighted by atomic mass is 10.2. The lowest BCUT2D eigenvalue weighted by Crippen LogP contribution is -2.27. The summed E-state index contributed by atoms with van der Waals surface area (Å²) in [6, 6.07) is 3.71. The molecule has 1 aromatic rings. The fraction of sp³-hybridized carbons (Fsp3) is 0.273. The van der Waals surface area contributed by atoms with Crippen LogP contribution in [-0.2, 0) is 4.79 Å². The number of amides is 1. The summed E-state index contributed by atoms with van der Waals surface area (Å²) in [6.07, 6.45) is 0.546. The minimum Gasteiger partial charge on any atom is -0.477 e. The third-order valence-electron chi connectivity index (χ3n) is 2.17. The van der Waals surface area contributed by atoms with Crippen molar-refractivity contribution in [3.8, 4) is 5.75 Å². The van der Waals surface area contributed by atoms with E-state index in [1.54, 1.807) is 14.1 Å². The molecule has 0 unspecified atom stereocenters. The van der Waals surface area contributed by atoms with Crippen LogP contribution in [0.3, 0.4) is 0 Å². The number of hydrogen-bond acceptors (Lipinski definition) is 5. The highest BCUT2D eigenvalue weighted by molar-refractivity contribution is 5.78. The lowest BCUT2D eigenvalue weighted by Gasteiger charge is -2.11. The maximum atomic E-state index is 11.3. The summed E-state index contributed by atoms with van der Waals surface area (Å²) in [6.45, 7) is -0.323. The number of carbonyl (C=O) groups excluding carboxylic acids is 2. The Hall–Kier alpha value is -2.44. The molecule has 7 nitrogen and oxygen atoms in total. The molecular weight excluding hydrogens is 240 g/mol. The Morgan fingerprint density at radius 3 is 2.67 bits per heavy atom. The highest BCUT2D eigenvalue weighted by atomic mass is 16.6. The first-order valence-corrected chi connectivity index (χ1v) is 5.02. The molecule has 7 heteroatoms. The van der Waals surface area contributed by atoms with Crippen LogP contribution in [0.4, 0.5) is 5.69 Å². The van der Waals surface area contributed by atoms with E-state index in [1.165, 1.54) is 23.1 Å². The fourth-order valence-electron chi connectivity index (χ4n) is 1.14. The number of likely N-dealkylation sites (N-methyl/N-ethyl adjacent to an activating group) is 1. The number of ether oxygens (including phenoxy) is 1. The molecule has 0 bridgehead atoms. The van der Waals surface area contributed by atoms with Gasteiger partial charge in [0.25, 0.3) is 5.91 Å². The molecule has 0 spiro atoms. The first-order chi connectivity index (χ1) is 8.45. The van der Waals surface area contributed by atoms with E-state index in [2.05, 4.69) is 0 Å². The van der Waals surface area contributed by atoms with Gasteiger partial charge < -0.3 is 9.64 Å². The monoisotopic (exact) mass is 252 g/mol. The van der Waals surface area contributed by atoms with Gasteiger partial charge in [-0.15, -0.1) is 0 Å². The van der Waals surface area contributed by atoms with E-state index in [9.17, 15) is 19.7 Å². The van der Waals surface area contributed by atoms with Crippen LogP contribution in [0.1, 0.15) is 10.4 Å². The lowest BCUT2D eigenvalue weighted by molar-refractivity contribution is -0.385. The van der Waals surface area contributed by atoms with E-state index in [1.807, 2.05) is 0 Å². The molecule has 0 saturated carbocycles. The summed E-state index contributed by atoms with van der Waals surface area (Å²) in [7, 11) is 3.09. The Labute approximate surface area is 103 Å². The quantitative estimate of drug-likeness (QED) is 0.440. The molecule has 0 aromatic heterocycles. The number of benzene rings is 1. The van der Waals surface area contributed by atoms with Gasteiger partial charge in [-0.1, -0.05) is 0 Å². The minimum atomic E-state index is -0.635. The Kier molecular flexibility index (Phi) is 4.36. The van der Waals surface area contributed by atoms with Crippen LogP contribution in [0.25, 0.3) is 0 Å². The van der Waals surface area contributed by atoms with Gasteiger partial charge in [0.05, 0.1) is 4.92 Å². The average Bonchev–Trinajstić information content (AvgIpc) is 2.34. The molecule has 0 N–H and O–H groups in total. The predicted octanol–water partition coefficient (Wildman–Crippen LogP) is 0.874. The second kappa shape index (κ2) is 5.76. The molecule has 0 aliphatic carbocycles. The summed E-state index contributed by atoms with van der Waals surface area (Å²) in [5, 5.41) is 10.7. The molecule has 1 aromatic carbocycles. The molecule has 0 heterocycles. The molecule has 1 rings (SSSR count). The molecule has 0 fully saturated rings. The zero-order valence-corrected chi connectivity index (χ0v) is 9.95. The van der Waals surface area contributed by atoms with Gasteiger partial charge >= 0.3 is 5.69 Å². The highest BCUT2D eigenvalue weighted by Crippen LogP contribution is 2.27. The molecule has 0 atom stereocenters. The molecule has 0 aliphatic rings. The Morgan fingerprint density at radius 2 is 2.17 bits per heavy atom. The van der Waals surface area contributed by atoms with E-state index >= 15 is 0 Å². The zero-order valence-electron chi connectivity index (χ0n) is 9.95. The number of nitro benzene ring substituents is 1. The van der Waals surface area contributed by atoms with Gasteiger partial charge in [0.1, 0.15) is 6.29 Å². The van der Waals surface area contributed by atoms with Crippen LogP contribution in [0.5, 0.6) is 5.75 Å². The second-order valence-corrected chi connectivity index (χ2v) is 3.68. The van der Waals surface area contributed by atoms with E-state index in [-0.39, 0.29) is 29.5 Å². The van der Waals surface area contributed by atoms with Gasteiger partial charge in [-0.3, -0.25) is 19.7 Å². The van der Waals surface area contributed by atoms with E-state index in [0.29, 0.717) is 6.29 Å². The molecule has 96 valence electrons. The number of nitrogens with zero attached hydrogens (tertiary/aromatic N) is 2. The molecule has 0 saturated heterocycles. The van der Waals surface area contributed by atoms with Crippen LogP contribution in [0.2, 0.25) is 0 Å². The third kappa shape index (κ3) is 3.27. The largest absolute Gasteiger partial charge is 0.477 e. The summed E-state index contributed by atoms with van der Waals surface area (Å²) >= 11 is 0. The van der Waals surface area contributed by atoms with Gasteiger partial charge in [-0.2, -0.15) is 0 Å². The second-order valence-electron chi connectivity index (χ2n) is 3.68. The number of nitro groups is 1. The average molecular weight is 252 g/mol. The maximum absolute atomic E-state index is 11.3. The van der Waals surface area contributed by atoms with Crippen molar-refractivity contribution < 1.29 is 19.2 Å². The van der Waals surface area contributed by atoms with Crippen molar-refractivity contribution in [1.82, 2.24) is 4.90 Å². The number of hydrogen-bond donors (Lipinski definition) is 0. The standard InChI is InChI=1S/C11H12N2O5/c1-12(2)11(15)7-18-10-5-8(6-14)3-4-9(10)13(16)17/h3-6H,7H2,1-2H3. The van der Waals surface area contributed by atoms with Crippen LogP contribution in [0, 0.1) is 10.1 Å². The van der Waals surface area contributed by atoms with Gasteiger partial charge in [0.15, 0.2) is 12.4 Å². The molecule has 18 heavy (non-hydrogen) atoms. The number of aldehydes is 1. The predicted molar refractivity (Wildman–Crippen MR) is 62.7 cm³/mol. The van der Waals surface area contributed by atoms with Crippen molar-refractivity contribution in [3.05, 3.63) is 33.9 Å². The zero-order chi connectivity index (χ0) is 13.7. The third-order valence-corrected chi connectivity index (χ3v) is 2.17. The minimum absolute atomic E-state index is 0.0974. The van der Waals surface area contributed by atoms with Crippen molar-refractivity contribution in [2.24, 2.45) is 0 Å². The van der Waals surface area contributed by atoms with Crippen LogP contribution in [-0.4, -0.2) is 42.7 Å². The van der Waals surface area contributed by atoms with Crippen molar-refractivity contribution in [2.75, 3.05) is 20.7 Å². The van der Waals surface area contributed by atoms with Crippen molar-refractivity contribution in [3.63, 3.8) is 0 Å². The summed E-state index contributed by atoms with van der Waals surface area (Å²) in [5.74, 6) is -0.430. The SMILES string of the molecule is CN(C)C(=O)COc1cc(C=O)ccc1[N+](=O)[O-]. The summed E-state index contributed by atoms with van der Waals surface area (Å²) < 4.78 is 5.07. The molecular formula is C11H12N2O5. The van der Waals surface area contributed by atoms with Gasteiger partial charge in [-0.25, -0.2) is 0 Å². The van der Waals surface area contributed by atoms with Crippen molar-refractivity contribution in [2.45, 2.75) is 0 Å². The molecule has 1 amide bonds. The van der Waals surface area contributed by atoms with Gasteiger partial charge in [-0.05, 0) is 12.1 Å². The maximum Gasteiger partial charge on any atom is 0.310 e. The van der Waals surface area contributed by atoms with Gasteiger partial charge in [0, 0.05) is 25.7 Å². The Morgan fingerprint density at radius 1 is 1.50 bits per heavy atom. The van der Waals surface area contributed by atoms with Crippen LogP contribution in [0.15, 0.2) is 18.2 Å². The Bertz CT molecular complexity index is 484. The van der Waals surface area contributed by atoms with Crippen LogP contribution >= 0.6 is 0 Å². The van der Waals surface area contributed by atoms with E-state index < -0.39 is 4.92 Å². The smallest absolute Gasteiger partial charge is 0.310 e. The normalized spacial score (nSPS) is 9.67. The van der Waals surface area contributed by atoms with Gasteiger partial charge in [0.2, 0.25) is 0 Å². The van der Waals surface area contributed by atoms with Crippen molar-refractivity contribution in [1.29, 1.82) is 0 Å². The first-order valence-electron chi connectivity index (χ1n) is 5.02. The van der Waals surface area contributed by atoms with Crippen molar-refractivity contribution >= 4 is 17.9 Å². The highest BCUT2D eigenvalue weighted by Gasteiger charge is 2.17. The fourth-order valence-corrected chi connectivity index (χ4v) is 1.14. The number of carbonyl (C=O) groups is 2. The summed E-state index contributed by atoms with van der Waals surface area (Å²) in [5.41, 5.74) is -0.0416. The summed E-state index contributed by atoms with van der Waals surface area (Å²) in [4.78, 5) is 33.3. The van der Waals surface area contributed by atoms with E-state index in [0.717, 1.165) is 0 Å². The Balaban J connectivity index is 2.94. The first kappa shape index (κ1) is 13.6. The van der Waals surface area contributed by atoms with Crippen LogP contribution < -0.4 is 4.74 Å².